The Hall–Kier alpha value is -2.74. The summed E-state index contributed by atoms with van der Waals surface area (Å²) in [5, 5.41) is 3.81. The second kappa shape index (κ2) is 7.89. The molecule has 2 aromatic rings. The molecule has 134 valence electrons. The van der Waals surface area contributed by atoms with E-state index in [-0.39, 0.29) is 10.6 Å². The van der Waals surface area contributed by atoms with E-state index in [2.05, 4.69) is 9.93 Å². The molecule has 25 heavy (non-hydrogen) atoms. The number of sulfonamides is 1. The van der Waals surface area contributed by atoms with E-state index < -0.39 is 10.0 Å². The first kappa shape index (κ1) is 18.6. The lowest BCUT2D eigenvalue weighted by Crippen LogP contribution is -2.19. The van der Waals surface area contributed by atoms with Crippen LogP contribution in [0.5, 0.6) is 17.2 Å². The molecule has 0 aromatic heterocycles. The van der Waals surface area contributed by atoms with Crippen molar-refractivity contribution in [3.05, 3.63) is 47.5 Å². The third-order valence-electron chi connectivity index (χ3n) is 3.40. The summed E-state index contributed by atoms with van der Waals surface area (Å²) in [6, 6.07) is 10.0. The molecule has 0 spiro atoms. The number of rotatable bonds is 7. The van der Waals surface area contributed by atoms with Gasteiger partial charge in [0.25, 0.3) is 10.0 Å². The van der Waals surface area contributed by atoms with Gasteiger partial charge in [0.15, 0.2) is 11.5 Å². The fraction of sp³-hybridized carbons (Fsp3) is 0.235. The Morgan fingerprint density at radius 1 is 0.920 bits per heavy atom. The fourth-order valence-corrected chi connectivity index (χ4v) is 3.19. The summed E-state index contributed by atoms with van der Waals surface area (Å²) >= 11 is 0. The Labute approximate surface area is 147 Å². The van der Waals surface area contributed by atoms with Gasteiger partial charge in [0.05, 0.1) is 27.5 Å². The van der Waals surface area contributed by atoms with Crippen molar-refractivity contribution in [1.29, 1.82) is 0 Å². The second-order valence-electron chi connectivity index (χ2n) is 5.12. The van der Waals surface area contributed by atoms with Gasteiger partial charge in [-0.3, -0.25) is 0 Å². The highest BCUT2D eigenvalue weighted by molar-refractivity contribution is 7.89. The van der Waals surface area contributed by atoms with Gasteiger partial charge in [-0.15, -0.1) is 0 Å². The molecule has 1 N–H and O–H groups in total. The van der Waals surface area contributed by atoms with Crippen molar-refractivity contribution in [2.24, 2.45) is 5.10 Å². The quantitative estimate of drug-likeness (QED) is 0.602. The van der Waals surface area contributed by atoms with Gasteiger partial charge in [-0.1, -0.05) is 6.07 Å². The lowest BCUT2D eigenvalue weighted by atomic mass is 10.2. The van der Waals surface area contributed by atoms with Crippen molar-refractivity contribution in [2.45, 2.75) is 11.8 Å². The van der Waals surface area contributed by atoms with E-state index in [9.17, 15) is 8.42 Å². The number of hydrogen-bond acceptors (Lipinski definition) is 6. The molecule has 0 saturated heterocycles. The van der Waals surface area contributed by atoms with E-state index in [0.29, 0.717) is 17.1 Å². The lowest BCUT2D eigenvalue weighted by Gasteiger charge is -2.10. The van der Waals surface area contributed by atoms with E-state index in [0.717, 1.165) is 5.56 Å². The number of hydrogen-bond donors (Lipinski definition) is 1. The Kier molecular flexibility index (Phi) is 5.87. The minimum absolute atomic E-state index is 0.0273. The van der Waals surface area contributed by atoms with Gasteiger partial charge in [-0.2, -0.15) is 18.4 Å². The zero-order chi connectivity index (χ0) is 18.4. The standard InChI is InChI=1S/C17H20N2O5S/c1-12-5-7-15(23-3)17(9-12)25(20,21)19-18-11-13-6-8-14(22-2)16(10-13)24-4/h5-11,19H,1-4H3/b18-11+. The zero-order valence-corrected chi connectivity index (χ0v) is 15.3. The maximum atomic E-state index is 12.4. The summed E-state index contributed by atoms with van der Waals surface area (Å²) in [4.78, 5) is 2.21. The van der Waals surface area contributed by atoms with Crippen LogP contribution in [0.2, 0.25) is 0 Å². The average Bonchev–Trinajstić information content (AvgIpc) is 2.61. The Balaban J connectivity index is 2.22. The van der Waals surface area contributed by atoms with Crippen LogP contribution < -0.4 is 19.0 Å². The van der Waals surface area contributed by atoms with Gasteiger partial charge in [-0.05, 0) is 48.4 Å². The number of ether oxygens (including phenoxy) is 3. The molecular weight excluding hydrogens is 344 g/mol. The summed E-state index contributed by atoms with van der Waals surface area (Å²) in [5.74, 6) is 1.35. The minimum atomic E-state index is -3.85. The van der Waals surface area contributed by atoms with Crippen LogP contribution >= 0.6 is 0 Å². The molecular formula is C17H20N2O5S. The van der Waals surface area contributed by atoms with E-state index >= 15 is 0 Å². The molecule has 0 bridgehead atoms. The summed E-state index contributed by atoms with van der Waals surface area (Å²) < 4.78 is 40.3. The molecule has 0 saturated carbocycles. The molecule has 0 aliphatic rings. The van der Waals surface area contributed by atoms with Crippen LogP contribution in [-0.2, 0) is 10.0 Å². The summed E-state index contributed by atoms with van der Waals surface area (Å²) in [6.07, 6.45) is 1.38. The van der Waals surface area contributed by atoms with E-state index in [1.807, 2.05) is 0 Å². The number of methoxy groups -OCH3 is 3. The van der Waals surface area contributed by atoms with E-state index in [1.54, 1.807) is 37.3 Å². The van der Waals surface area contributed by atoms with Crippen molar-refractivity contribution in [1.82, 2.24) is 4.83 Å². The smallest absolute Gasteiger partial charge is 0.280 e. The van der Waals surface area contributed by atoms with Gasteiger partial charge < -0.3 is 14.2 Å². The summed E-state index contributed by atoms with van der Waals surface area (Å²) in [7, 11) is 0.616. The molecule has 0 aliphatic heterocycles. The predicted octanol–water partition coefficient (Wildman–Crippen LogP) is 2.33. The molecule has 8 heteroatoms. The molecule has 0 radical (unpaired) electrons. The molecule has 2 rings (SSSR count). The largest absolute Gasteiger partial charge is 0.495 e. The summed E-state index contributed by atoms with van der Waals surface area (Å²) in [5.41, 5.74) is 1.45. The maximum absolute atomic E-state index is 12.4. The zero-order valence-electron chi connectivity index (χ0n) is 14.4. The third-order valence-corrected chi connectivity index (χ3v) is 4.65. The van der Waals surface area contributed by atoms with Crippen LogP contribution in [0.4, 0.5) is 0 Å². The maximum Gasteiger partial charge on any atom is 0.280 e. The molecule has 0 atom stereocenters. The van der Waals surface area contributed by atoms with Gasteiger partial charge >= 0.3 is 0 Å². The fourth-order valence-electron chi connectivity index (χ4n) is 2.15. The van der Waals surface area contributed by atoms with Crippen molar-refractivity contribution in [3.8, 4) is 17.2 Å². The van der Waals surface area contributed by atoms with Crippen molar-refractivity contribution in [3.63, 3.8) is 0 Å². The van der Waals surface area contributed by atoms with Gasteiger partial charge in [0, 0.05) is 0 Å². The highest BCUT2D eigenvalue weighted by Crippen LogP contribution is 2.27. The van der Waals surface area contributed by atoms with Crippen molar-refractivity contribution >= 4 is 16.2 Å². The Morgan fingerprint density at radius 2 is 1.56 bits per heavy atom. The number of nitrogens with zero attached hydrogens (tertiary/aromatic N) is 1. The van der Waals surface area contributed by atoms with Crippen LogP contribution in [0.1, 0.15) is 11.1 Å². The highest BCUT2D eigenvalue weighted by atomic mass is 32.2. The lowest BCUT2D eigenvalue weighted by molar-refractivity contribution is 0.355. The average molecular weight is 364 g/mol. The predicted molar refractivity (Wildman–Crippen MR) is 95.2 cm³/mol. The van der Waals surface area contributed by atoms with E-state index in [4.69, 9.17) is 14.2 Å². The first-order valence-corrected chi connectivity index (χ1v) is 8.81. The molecule has 0 heterocycles. The van der Waals surface area contributed by atoms with Crippen molar-refractivity contribution < 1.29 is 22.6 Å². The van der Waals surface area contributed by atoms with Gasteiger partial charge in [-0.25, -0.2) is 0 Å². The molecule has 0 unspecified atom stereocenters. The molecule has 0 amide bonds. The first-order chi connectivity index (χ1) is 11.9. The molecule has 0 aliphatic carbocycles. The van der Waals surface area contributed by atoms with Crippen LogP contribution in [0.25, 0.3) is 0 Å². The summed E-state index contributed by atoms with van der Waals surface area (Å²) in [6.45, 7) is 1.80. The van der Waals surface area contributed by atoms with Crippen LogP contribution in [-0.4, -0.2) is 36.0 Å². The van der Waals surface area contributed by atoms with E-state index in [1.165, 1.54) is 33.6 Å². The third kappa shape index (κ3) is 4.42. The number of nitrogens with one attached hydrogen (secondary N) is 1. The van der Waals surface area contributed by atoms with Gasteiger partial charge in [0.2, 0.25) is 0 Å². The first-order valence-electron chi connectivity index (χ1n) is 7.33. The Bertz CT molecular complexity index is 879. The number of hydrazone groups is 1. The SMILES string of the molecule is COc1ccc(/C=N/NS(=O)(=O)c2cc(C)ccc2OC)cc1OC. The number of aryl methyl sites for hydroxylation is 1. The topological polar surface area (TPSA) is 86.2 Å². The highest BCUT2D eigenvalue weighted by Gasteiger charge is 2.18. The van der Waals surface area contributed by atoms with Crippen LogP contribution in [0, 0.1) is 6.92 Å². The van der Waals surface area contributed by atoms with Crippen molar-refractivity contribution in [2.75, 3.05) is 21.3 Å². The van der Waals surface area contributed by atoms with Crippen LogP contribution in [0.3, 0.4) is 0 Å². The monoisotopic (exact) mass is 364 g/mol. The normalized spacial score (nSPS) is 11.4. The van der Waals surface area contributed by atoms with Gasteiger partial charge in [0.1, 0.15) is 10.6 Å². The molecule has 7 nitrogen and oxygen atoms in total. The molecule has 0 fully saturated rings. The Morgan fingerprint density at radius 3 is 2.20 bits per heavy atom. The number of benzene rings is 2. The minimum Gasteiger partial charge on any atom is -0.495 e. The molecule has 2 aromatic carbocycles. The van der Waals surface area contributed by atoms with Crippen LogP contribution in [0.15, 0.2) is 46.4 Å². The second-order valence-corrected chi connectivity index (χ2v) is 6.75.